The van der Waals surface area contributed by atoms with Gasteiger partial charge in [0.2, 0.25) is 5.88 Å². The fourth-order valence-electron chi connectivity index (χ4n) is 5.49. The summed E-state index contributed by atoms with van der Waals surface area (Å²) >= 11 is 1.44. The quantitative estimate of drug-likeness (QED) is 0.141. The minimum atomic E-state index is -5.08. The average Bonchev–Trinajstić information content (AvgIpc) is 3.78. The number of aliphatic carboxylic acids is 1. The second-order valence-electron chi connectivity index (χ2n) is 11.7. The number of morpholine rings is 1. The number of halogens is 3. The number of hydrogen-bond donors (Lipinski definition) is 4. The minimum absolute atomic E-state index is 0.0342. The van der Waals surface area contributed by atoms with E-state index in [1.54, 1.807) is 48.1 Å². The number of amides is 1. The van der Waals surface area contributed by atoms with Gasteiger partial charge in [0, 0.05) is 35.6 Å². The van der Waals surface area contributed by atoms with E-state index in [9.17, 15) is 26.4 Å². The van der Waals surface area contributed by atoms with Crippen LogP contribution < -0.4 is 19.5 Å². The number of fused-ring (bicyclic) bond motifs is 1. The number of nitrogens with zero attached hydrogens (tertiary/aromatic N) is 4. The highest BCUT2D eigenvalue weighted by atomic mass is 32.2. The Hall–Kier alpha value is -5.31. The van der Waals surface area contributed by atoms with Crippen molar-refractivity contribution in [3.63, 3.8) is 0 Å². The topological polar surface area (TPSA) is 198 Å². The van der Waals surface area contributed by atoms with Crippen LogP contribution in [0.2, 0.25) is 0 Å². The average molecular weight is 778 g/mol. The molecule has 3 aromatic heterocycles. The number of aromatic amines is 1. The number of nitrogens with one attached hydrogen (secondary N) is 3. The number of thiazole rings is 1. The van der Waals surface area contributed by atoms with Crippen molar-refractivity contribution < 1.29 is 50.5 Å². The lowest BCUT2D eigenvalue weighted by Gasteiger charge is -2.34. The Labute approximate surface area is 305 Å². The Morgan fingerprint density at radius 2 is 1.74 bits per heavy atom. The van der Waals surface area contributed by atoms with Gasteiger partial charge >= 0.3 is 12.1 Å². The number of pyridine rings is 1. The molecule has 1 aliphatic rings. The number of methoxy groups -OCH3 is 2. The molecule has 0 spiro atoms. The number of hydrogen-bond acceptors (Lipinski definition) is 12. The van der Waals surface area contributed by atoms with Gasteiger partial charge in [0.15, 0.2) is 0 Å². The highest BCUT2D eigenvalue weighted by Gasteiger charge is 2.38. The number of aromatic nitrogens is 4. The van der Waals surface area contributed by atoms with Gasteiger partial charge in [0.05, 0.1) is 50.4 Å². The molecule has 0 unspecified atom stereocenters. The van der Waals surface area contributed by atoms with Crippen molar-refractivity contribution in [3.8, 4) is 22.8 Å². The third-order valence-electron chi connectivity index (χ3n) is 7.67. The molecule has 1 saturated heterocycles. The molecule has 53 heavy (non-hydrogen) atoms. The van der Waals surface area contributed by atoms with E-state index in [2.05, 4.69) is 49.0 Å². The maximum absolute atomic E-state index is 13.4. The number of carbonyl (C=O) groups is 2. The molecule has 0 saturated carbocycles. The second-order valence-corrected chi connectivity index (χ2v) is 14.3. The summed E-state index contributed by atoms with van der Waals surface area (Å²) in [4.78, 5) is 33.5. The molecule has 0 radical (unpaired) electrons. The zero-order valence-electron chi connectivity index (χ0n) is 28.6. The molecule has 5 aromatic rings. The van der Waals surface area contributed by atoms with Gasteiger partial charge in [-0.25, -0.2) is 23.2 Å². The zero-order chi connectivity index (χ0) is 38.5. The number of carboxylic acids is 1. The summed E-state index contributed by atoms with van der Waals surface area (Å²) in [5, 5.41) is 20.5. The van der Waals surface area contributed by atoms with Gasteiger partial charge in [-0.3, -0.25) is 19.5 Å². The molecule has 6 rings (SSSR count). The van der Waals surface area contributed by atoms with Crippen LogP contribution in [-0.4, -0.2) is 96.2 Å². The third kappa shape index (κ3) is 9.57. The zero-order valence-corrected chi connectivity index (χ0v) is 30.2. The summed E-state index contributed by atoms with van der Waals surface area (Å²) in [6, 6.07) is 11.5. The van der Waals surface area contributed by atoms with Crippen LogP contribution in [-0.2, 0) is 26.1 Å². The van der Waals surface area contributed by atoms with E-state index < -0.39 is 22.2 Å². The fraction of sp³-hybridized carbons (Fsp3) is 0.303. The first-order chi connectivity index (χ1) is 25.1. The number of sulfonamides is 1. The van der Waals surface area contributed by atoms with Crippen molar-refractivity contribution >= 4 is 55.5 Å². The van der Waals surface area contributed by atoms with Gasteiger partial charge in [0.25, 0.3) is 15.9 Å². The Morgan fingerprint density at radius 1 is 1.06 bits per heavy atom. The summed E-state index contributed by atoms with van der Waals surface area (Å²) in [5.41, 5.74) is 2.82. The van der Waals surface area contributed by atoms with E-state index in [0.717, 1.165) is 18.1 Å². The molecular weight excluding hydrogens is 744 g/mol. The van der Waals surface area contributed by atoms with Gasteiger partial charge < -0.3 is 24.6 Å². The first-order valence-corrected chi connectivity index (χ1v) is 18.0. The SMILES string of the molecule is COc1ccccc1S(=O)(=O)Nc1cc(-c2cc(NC(=O)c3csc(CN4C[C@@H](C)O[C@@H](C)C4)n3)c3cn[nH]c3c2)cnc1OC.O=C(O)C(F)(F)F. The second kappa shape index (κ2) is 16.1. The van der Waals surface area contributed by atoms with Gasteiger partial charge in [-0.1, -0.05) is 12.1 Å². The standard InChI is InChI=1S/C31H33N7O6S2.C2HF3O2/c1-18-14-38(15-19(2)44-18)16-29-34-26(17-45-29)30(39)35-23-9-20(10-24-22(23)13-33-36-24)21-11-25(31(43-4)32-12-21)37-46(40,41)28-8-6-5-7-27(28)42-3;3-2(4,5)1(6)7/h5-13,17-19,37H,14-16H2,1-4H3,(H,33,36)(H,35,39);(H,6,7)/t18-,19+;. The van der Waals surface area contributed by atoms with Gasteiger partial charge in [-0.15, -0.1) is 11.3 Å². The van der Waals surface area contributed by atoms with Crippen molar-refractivity contribution in [3.05, 3.63) is 70.9 Å². The van der Waals surface area contributed by atoms with Gasteiger partial charge in [-0.05, 0) is 49.7 Å². The van der Waals surface area contributed by atoms with E-state index in [1.807, 2.05) is 6.07 Å². The Bertz CT molecular complexity index is 2200. The molecule has 282 valence electrons. The molecular formula is C33H34F3N7O8S2. The van der Waals surface area contributed by atoms with E-state index in [1.165, 1.54) is 31.6 Å². The number of para-hydroxylation sites is 1. The summed E-state index contributed by atoms with van der Waals surface area (Å²) in [6.45, 7) is 6.36. The number of carbonyl (C=O) groups excluding carboxylic acids is 1. The minimum Gasteiger partial charge on any atom is -0.495 e. The van der Waals surface area contributed by atoms with Crippen LogP contribution in [0.25, 0.3) is 22.0 Å². The van der Waals surface area contributed by atoms with Crippen LogP contribution in [0.1, 0.15) is 29.3 Å². The smallest absolute Gasteiger partial charge is 0.490 e. The van der Waals surface area contributed by atoms with Crippen LogP contribution >= 0.6 is 11.3 Å². The summed E-state index contributed by atoms with van der Waals surface area (Å²) in [6.07, 6.45) is -1.62. The van der Waals surface area contributed by atoms with Crippen molar-refractivity contribution in [2.75, 3.05) is 37.3 Å². The van der Waals surface area contributed by atoms with Crippen LogP contribution in [0.4, 0.5) is 24.5 Å². The van der Waals surface area contributed by atoms with Crippen molar-refractivity contribution in [1.29, 1.82) is 0 Å². The molecule has 1 amide bonds. The number of benzene rings is 2. The normalized spacial score (nSPS) is 16.4. The van der Waals surface area contributed by atoms with Crippen molar-refractivity contribution in [2.45, 2.75) is 43.7 Å². The number of H-pyrrole nitrogens is 1. The van der Waals surface area contributed by atoms with Gasteiger partial charge in [-0.2, -0.15) is 18.3 Å². The van der Waals surface area contributed by atoms with Crippen LogP contribution in [0.15, 0.2) is 65.1 Å². The molecule has 15 nitrogen and oxygen atoms in total. The van der Waals surface area contributed by atoms with Crippen LogP contribution in [0.3, 0.4) is 0 Å². The maximum atomic E-state index is 13.4. The lowest BCUT2D eigenvalue weighted by Crippen LogP contribution is -2.44. The van der Waals surface area contributed by atoms with Crippen LogP contribution in [0, 0.1) is 0 Å². The fourth-order valence-corrected chi connectivity index (χ4v) is 7.52. The number of rotatable bonds is 10. The predicted octanol–water partition coefficient (Wildman–Crippen LogP) is 5.39. The number of anilines is 2. The summed E-state index contributed by atoms with van der Waals surface area (Å²) in [7, 11) is -1.26. The molecule has 2 aromatic carbocycles. The maximum Gasteiger partial charge on any atom is 0.490 e. The predicted molar refractivity (Wildman–Crippen MR) is 189 cm³/mol. The summed E-state index contributed by atoms with van der Waals surface area (Å²) in [5.74, 6) is -2.84. The summed E-state index contributed by atoms with van der Waals surface area (Å²) < 4.78 is 77.4. The molecule has 1 fully saturated rings. The molecule has 0 bridgehead atoms. The lowest BCUT2D eigenvalue weighted by molar-refractivity contribution is -0.192. The molecule has 1 aliphatic heterocycles. The Morgan fingerprint density at radius 3 is 2.40 bits per heavy atom. The Kier molecular flexibility index (Phi) is 11.9. The lowest BCUT2D eigenvalue weighted by atomic mass is 10.0. The molecule has 20 heteroatoms. The number of ether oxygens (including phenoxy) is 3. The number of alkyl halides is 3. The first-order valence-electron chi connectivity index (χ1n) is 15.7. The van der Waals surface area contributed by atoms with E-state index in [4.69, 9.17) is 24.1 Å². The van der Waals surface area contributed by atoms with Crippen molar-refractivity contribution in [2.24, 2.45) is 0 Å². The van der Waals surface area contributed by atoms with Gasteiger partial charge in [0.1, 0.15) is 27.0 Å². The Balaban J connectivity index is 0.000000705. The largest absolute Gasteiger partial charge is 0.495 e. The monoisotopic (exact) mass is 777 g/mol. The molecule has 4 N–H and O–H groups in total. The highest BCUT2D eigenvalue weighted by Crippen LogP contribution is 2.35. The highest BCUT2D eigenvalue weighted by molar-refractivity contribution is 7.92. The number of carboxylic acid groups (broad SMARTS) is 1. The van der Waals surface area contributed by atoms with Crippen molar-refractivity contribution in [1.82, 2.24) is 25.1 Å². The van der Waals surface area contributed by atoms with E-state index in [0.29, 0.717) is 40.0 Å². The third-order valence-corrected chi connectivity index (χ3v) is 9.91. The molecule has 4 heterocycles. The first kappa shape index (κ1) is 38.9. The van der Waals surface area contributed by atoms with E-state index >= 15 is 0 Å². The van der Waals surface area contributed by atoms with E-state index in [-0.39, 0.29) is 40.3 Å². The van der Waals surface area contributed by atoms with Crippen LogP contribution in [0.5, 0.6) is 11.6 Å². The molecule has 0 aliphatic carbocycles. The molecule has 2 atom stereocenters.